The van der Waals surface area contributed by atoms with Gasteiger partial charge in [0.1, 0.15) is 79.0 Å². The number of ether oxygens (including phenoxy) is 6. The minimum absolute atomic E-state index is 0.241. The number of hydrogen-bond acceptors (Lipinski definition) is 17. The van der Waals surface area contributed by atoms with Crippen molar-refractivity contribution < 1.29 is 79.5 Å². The fourth-order valence-corrected chi connectivity index (χ4v) is 4.81. The highest BCUT2D eigenvalue weighted by Gasteiger charge is 2.53. The molecule has 0 saturated carbocycles. The lowest BCUT2D eigenvalue weighted by atomic mass is 9.96. The third-order valence-electron chi connectivity index (χ3n) is 7.21. The van der Waals surface area contributed by atoms with Gasteiger partial charge in [-0.3, -0.25) is 0 Å². The third-order valence-corrected chi connectivity index (χ3v) is 7.21. The molecule has 234 valence electrons. The van der Waals surface area contributed by atoms with E-state index in [1.165, 1.54) is 24.3 Å². The minimum atomic E-state index is -1.91. The van der Waals surface area contributed by atoms with Gasteiger partial charge in [0.15, 0.2) is 12.6 Å². The lowest BCUT2D eigenvalue weighted by Gasteiger charge is -2.48. The molecule has 4 rings (SSSR count). The van der Waals surface area contributed by atoms with Crippen molar-refractivity contribution in [2.75, 3.05) is 25.6 Å². The summed E-state index contributed by atoms with van der Waals surface area (Å²) >= 11 is 0. The molecule has 3 aliphatic rings. The largest absolute Gasteiger partial charge is 0.462 e. The van der Waals surface area contributed by atoms with E-state index in [1.54, 1.807) is 0 Å². The van der Waals surface area contributed by atoms with Gasteiger partial charge in [-0.15, -0.1) is 0 Å². The van der Waals surface area contributed by atoms with Gasteiger partial charge in [0.05, 0.1) is 19.8 Å². The van der Waals surface area contributed by atoms with Crippen LogP contribution in [0.25, 0.3) is 0 Å². The van der Waals surface area contributed by atoms with Crippen LogP contribution in [-0.4, -0.2) is 163 Å². The topological polar surface area (TPSA) is 284 Å². The van der Waals surface area contributed by atoms with Crippen LogP contribution in [0.1, 0.15) is 0 Å². The summed E-state index contributed by atoms with van der Waals surface area (Å²) < 4.78 is 33.1. The molecule has 3 aliphatic heterocycles. The zero-order chi connectivity index (χ0) is 30.0. The Balaban J connectivity index is 1.48. The Kier molecular flexibility index (Phi) is 10.7. The highest BCUT2D eigenvalue weighted by Crippen LogP contribution is 2.33. The fraction of sp³-hybridized carbons (Fsp3) is 0.750. The zero-order valence-corrected chi connectivity index (χ0v) is 21.6. The van der Waals surface area contributed by atoms with Crippen LogP contribution in [0.5, 0.6) is 5.75 Å². The molecule has 0 aromatic heterocycles. The third kappa shape index (κ3) is 6.74. The van der Waals surface area contributed by atoms with E-state index in [0.29, 0.717) is 5.69 Å². The lowest BCUT2D eigenvalue weighted by molar-refractivity contribution is -0.377. The van der Waals surface area contributed by atoms with Gasteiger partial charge < -0.3 is 85.2 Å². The standard InChI is InChI=1S/C24H37NO16/c25-8-1-3-9(4-2-8)36-22-18(34)16(32)20(12(7-28)39-22)40-24-19(35)21(14(30)11(6-27)38-24)41-23-17(33)15(31)13(29)10(5-26)37-23/h1-4,10-24,26-35H,5-7,25H2/t10-,11-,12-,13+,14+,15+,16-,17-,18-,19-,20-,21+,22-,23-,24+/m1/s1. The average Bonchev–Trinajstić information content (AvgIpc) is 2.97. The number of nitrogen functional groups attached to an aromatic ring is 1. The van der Waals surface area contributed by atoms with Crippen LogP contribution in [-0.2, 0) is 23.7 Å². The Morgan fingerprint density at radius 3 is 1.61 bits per heavy atom. The molecule has 0 amide bonds. The van der Waals surface area contributed by atoms with Crippen LogP contribution in [0, 0.1) is 0 Å². The van der Waals surface area contributed by atoms with Crippen molar-refractivity contribution in [2.24, 2.45) is 0 Å². The molecule has 15 atom stereocenters. The smallest absolute Gasteiger partial charge is 0.229 e. The zero-order valence-electron chi connectivity index (χ0n) is 21.6. The first-order valence-corrected chi connectivity index (χ1v) is 12.9. The van der Waals surface area contributed by atoms with Crippen molar-refractivity contribution in [1.82, 2.24) is 0 Å². The van der Waals surface area contributed by atoms with Gasteiger partial charge in [0.2, 0.25) is 6.29 Å². The minimum Gasteiger partial charge on any atom is -0.462 e. The Morgan fingerprint density at radius 1 is 0.537 bits per heavy atom. The lowest BCUT2D eigenvalue weighted by Crippen LogP contribution is -2.67. The van der Waals surface area contributed by atoms with E-state index in [-0.39, 0.29) is 5.75 Å². The maximum Gasteiger partial charge on any atom is 0.229 e. The van der Waals surface area contributed by atoms with Crippen LogP contribution in [0.2, 0.25) is 0 Å². The molecule has 12 N–H and O–H groups in total. The molecule has 41 heavy (non-hydrogen) atoms. The molecule has 3 heterocycles. The predicted octanol–water partition coefficient (Wildman–Crippen LogP) is -5.90. The highest BCUT2D eigenvalue weighted by atomic mass is 16.8. The monoisotopic (exact) mass is 595 g/mol. The number of hydrogen-bond donors (Lipinski definition) is 11. The maximum atomic E-state index is 11.0. The number of benzene rings is 1. The molecule has 0 bridgehead atoms. The van der Waals surface area contributed by atoms with Gasteiger partial charge >= 0.3 is 0 Å². The first kappa shape index (κ1) is 32.1. The van der Waals surface area contributed by atoms with Crippen molar-refractivity contribution in [3.05, 3.63) is 24.3 Å². The second-order valence-electron chi connectivity index (χ2n) is 10.00. The second-order valence-corrected chi connectivity index (χ2v) is 10.00. The normalized spacial score (nSPS) is 45.4. The van der Waals surface area contributed by atoms with Gasteiger partial charge in [-0.05, 0) is 24.3 Å². The van der Waals surface area contributed by atoms with Crippen molar-refractivity contribution in [3.8, 4) is 5.75 Å². The highest BCUT2D eigenvalue weighted by molar-refractivity contribution is 5.41. The Hall–Kier alpha value is -1.78. The van der Waals surface area contributed by atoms with Gasteiger partial charge in [-0.25, -0.2) is 0 Å². The summed E-state index contributed by atoms with van der Waals surface area (Å²) in [6.45, 7) is -2.31. The van der Waals surface area contributed by atoms with Crippen molar-refractivity contribution in [1.29, 1.82) is 0 Å². The Labute approximate surface area is 233 Å². The first-order valence-electron chi connectivity index (χ1n) is 12.9. The predicted molar refractivity (Wildman–Crippen MR) is 131 cm³/mol. The number of rotatable bonds is 9. The molecule has 0 spiro atoms. The average molecular weight is 596 g/mol. The van der Waals surface area contributed by atoms with E-state index in [9.17, 15) is 51.1 Å². The SMILES string of the molecule is Nc1ccc(O[C@@H]2O[C@H](CO)[C@@H](O[C@@H]3O[C@H](CO)[C@H](O)[C@H](O[C@H]4O[C@H](CO)[C@H](O)[C@H](O)[C@H]4O)[C@H]3O)[C@H](O)[C@H]2O)cc1. The maximum absolute atomic E-state index is 11.0. The van der Waals surface area contributed by atoms with Crippen LogP contribution >= 0.6 is 0 Å². The number of aliphatic hydroxyl groups is 10. The molecule has 17 heteroatoms. The van der Waals surface area contributed by atoms with Crippen LogP contribution in [0.4, 0.5) is 5.69 Å². The summed E-state index contributed by atoms with van der Waals surface area (Å²) in [5.41, 5.74) is 6.10. The summed E-state index contributed by atoms with van der Waals surface area (Å²) in [6, 6.07) is 6.06. The fourth-order valence-electron chi connectivity index (χ4n) is 4.81. The quantitative estimate of drug-likeness (QED) is 0.118. The summed E-state index contributed by atoms with van der Waals surface area (Å²) in [5, 5.41) is 103. The van der Waals surface area contributed by atoms with Crippen molar-refractivity contribution in [2.45, 2.75) is 92.1 Å². The molecule has 0 unspecified atom stereocenters. The van der Waals surface area contributed by atoms with E-state index >= 15 is 0 Å². The van der Waals surface area contributed by atoms with Crippen LogP contribution in [0.15, 0.2) is 24.3 Å². The molecular weight excluding hydrogens is 558 g/mol. The summed E-state index contributed by atoms with van der Waals surface area (Å²) in [4.78, 5) is 0. The molecular formula is C24H37NO16. The van der Waals surface area contributed by atoms with Crippen LogP contribution < -0.4 is 10.5 Å². The summed E-state index contributed by atoms with van der Waals surface area (Å²) in [5.74, 6) is 0.241. The molecule has 1 aromatic rings. The number of nitrogens with two attached hydrogens (primary N) is 1. The van der Waals surface area contributed by atoms with Crippen molar-refractivity contribution >= 4 is 5.69 Å². The molecule has 0 radical (unpaired) electrons. The summed E-state index contributed by atoms with van der Waals surface area (Å²) in [6.07, 6.45) is -24.9. The second kappa shape index (κ2) is 13.7. The summed E-state index contributed by atoms with van der Waals surface area (Å²) in [7, 11) is 0. The van der Waals surface area contributed by atoms with E-state index in [2.05, 4.69) is 0 Å². The Bertz CT molecular complexity index is 954. The Morgan fingerprint density at radius 2 is 1.02 bits per heavy atom. The van der Waals surface area contributed by atoms with E-state index in [1.807, 2.05) is 0 Å². The van der Waals surface area contributed by atoms with Crippen molar-refractivity contribution in [3.63, 3.8) is 0 Å². The van der Waals surface area contributed by atoms with E-state index < -0.39 is 112 Å². The van der Waals surface area contributed by atoms with E-state index in [0.717, 1.165) is 0 Å². The van der Waals surface area contributed by atoms with Crippen LogP contribution in [0.3, 0.4) is 0 Å². The molecule has 0 aliphatic carbocycles. The molecule has 1 aromatic carbocycles. The first-order chi connectivity index (χ1) is 19.5. The van der Waals surface area contributed by atoms with Gasteiger partial charge in [0.25, 0.3) is 0 Å². The van der Waals surface area contributed by atoms with Gasteiger partial charge in [-0.2, -0.15) is 0 Å². The van der Waals surface area contributed by atoms with Gasteiger partial charge in [-0.1, -0.05) is 0 Å². The number of anilines is 1. The molecule has 3 fully saturated rings. The number of aliphatic hydroxyl groups excluding tert-OH is 10. The van der Waals surface area contributed by atoms with Gasteiger partial charge in [0, 0.05) is 5.69 Å². The molecule has 3 saturated heterocycles. The van der Waals surface area contributed by atoms with E-state index in [4.69, 9.17) is 34.2 Å². The molecule has 17 nitrogen and oxygen atoms in total.